The molecule has 4 heterocycles. The van der Waals surface area contributed by atoms with E-state index in [-0.39, 0.29) is 6.04 Å². The number of benzene rings is 6. The molecule has 4 heteroatoms. The van der Waals surface area contributed by atoms with E-state index in [0.717, 1.165) is 0 Å². The molecule has 46 heavy (non-hydrogen) atoms. The van der Waals surface area contributed by atoms with Crippen LogP contribution in [0.15, 0.2) is 152 Å². The third-order valence-corrected chi connectivity index (χ3v) is 11.1. The third-order valence-electron chi connectivity index (χ3n) is 9.98. The lowest BCUT2D eigenvalue weighted by Crippen LogP contribution is -2.30. The van der Waals surface area contributed by atoms with Crippen LogP contribution in [0.2, 0.25) is 0 Å². The molecule has 3 aromatic heterocycles. The molecule has 0 radical (unpaired) electrons. The van der Waals surface area contributed by atoms with Crippen LogP contribution in [0, 0.1) is 0 Å². The Morgan fingerprint density at radius 1 is 0.565 bits per heavy atom. The van der Waals surface area contributed by atoms with Crippen LogP contribution in [0.25, 0.3) is 69.5 Å². The molecule has 0 spiro atoms. The highest BCUT2D eigenvalue weighted by Crippen LogP contribution is 2.48. The molecule has 0 amide bonds. The SMILES string of the molecule is C1=CC2=[N+](c3ccc4sc5ccccc5c4c3)c3cccc4c5ccc6c(c7ccccc7n6-c6ccccc6)c5n(c34)C2C=C1. The second-order valence-corrected chi connectivity index (χ2v) is 13.4. The zero-order valence-electron chi connectivity index (χ0n) is 24.8. The molecule has 0 saturated carbocycles. The van der Waals surface area contributed by atoms with Gasteiger partial charge in [0.15, 0.2) is 0 Å². The molecule has 3 nitrogen and oxygen atoms in total. The van der Waals surface area contributed by atoms with Crippen molar-refractivity contribution in [2.45, 2.75) is 6.04 Å². The number of thiophene rings is 1. The van der Waals surface area contributed by atoms with Crippen LogP contribution in [0.3, 0.4) is 0 Å². The Morgan fingerprint density at radius 3 is 2.28 bits per heavy atom. The number of aromatic nitrogens is 2. The van der Waals surface area contributed by atoms with Gasteiger partial charge in [-0.3, -0.25) is 0 Å². The lowest BCUT2D eigenvalue weighted by molar-refractivity contribution is 0.783. The summed E-state index contributed by atoms with van der Waals surface area (Å²) in [5, 5.41) is 7.82. The van der Waals surface area contributed by atoms with E-state index in [4.69, 9.17) is 0 Å². The minimum Gasteiger partial charge on any atom is -0.317 e. The van der Waals surface area contributed by atoms with Crippen molar-refractivity contribution in [2.75, 3.05) is 0 Å². The van der Waals surface area contributed by atoms with Gasteiger partial charge in [0.05, 0.1) is 16.6 Å². The molecule has 6 aromatic carbocycles. The van der Waals surface area contributed by atoms with Gasteiger partial charge in [0.2, 0.25) is 17.1 Å². The first-order chi connectivity index (χ1) is 22.8. The average molecular weight is 605 g/mol. The van der Waals surface area contributed by atoms with Crippen molar-refractivity contribution >= 4 is 92.2 Å². The molecule has 0 saturated heterocycles. The van der Waals surface area contributed by atoms with E-state index in [1.807, 2.05) is 11.3 Å². The number of allylic oxidation sites excluding steroid dienone is 4. The highest BCUT2D eigenvalue weighted by Gasteiger charge is 2.38. The van der Waals surface area contributed by atoms with Gasteiger partial charge in [-0.25, -0.2) is 0 Å². The van der Waals surface area contributed by atoms with Crippen molar-refractivity contribution in [1.29, 1.82) is 0 Å². The summed E-state index contributed by atoms with van der Waals surface area (Å²) in [6, 6.07) is 47.0. The number of nitrogens with zero attached hydrogens (tertiary/aromatic N) is 3. The van der Waals surface area contributed by atoms with Crippen LogP contribution in [0.5, 0.6) is 0 Å². The second kappa shape index (κ2) is 8.94. The highest BCUT2D eigenvalue weighted by atomic mass is 32.1. The minimum absolute atomic E-state index is 0.0549. The van der Waals surface area contributed by atoms with Gasteiger partial charge in [-0.05, 0) is 36.4 Å². The van der Waals surface area contributed by atoms with Gasteiger partial charge in [0, 0.05) is 71.7 Å². The monoisotopic (exact) mass is 604 g/mol. The highest BCUT2D eigenvalue weighted by molar-refractivity contribution is 7.25. The van der Waals surface area contributed by atoms with E-state index in [0.29, 0.717) is 0 Å². The summed E-state index contributed by atoms with van der Waals surface area (Å²) >= 11 is 1.87. The Hall–Kier alpha value is -5.71. The number of fused-ring (bicyclic) bond motifs is 12. The predicted octanol–water partition coefficient (Wildman–Crippen LogP) is 11.2. The number of rotatable bonds is 2. The third kappa shape index (κ3) is 3.09. The first-order valence-corrected chi connectivity index (χ1v) is 16.6. The van der Waals surface area contributed by atoms with Crippen molar-refractivity contribution in [2.24, 2.45) is 0 Å². The zero-order valence-corrected chi connectivity index (χ0v) is 25.6. The summed E-state index contributed by atoms with van der Waals surface area (Å²) in [6.07, 6.45) is 9.07. The fraction of sp³-hybridized carbons (Fsp3) is 0.0238. The van der Waals surface area contributed by atoms with Crippen LogP contribution < -0.4 is 4.58 Å². The summed E-state index contributed by atoms with van der Waals surface area (Å²) < 4.78 is 10.2. The van der Waals surface area contributed by atoms with Crippen molar-refractivity contribution in [3.8, 4) is 5.69 Å². The van der Waals surface area contributed by atoms with Crippen LogP contribution in [0.1, 0.15) is 6.04 Å². The van der Waals surface area contributed by atoms with Crippen molar-refractivity contribution in [3.05, 3.63) is 152 Å². The number of hydrogen-bond acceptors (Lipinski definition) is 1. The van der Waals surface area contributed by atoms with Crippen LogP contribution in [0.4, 0.5) is 11.4 Å². The van der Waals surface area contributed by atoms with Crippen molar-refractivity contribution < 1.29 is 0 Å². The maximum atomic E-state index is 2.62. The summed E-state index contributed by atoms with van der Waals surface area (Å²) in [4.78, 5) is 0. The van der Waals surface area contributed by atoms with Gasteiger partial charge < -0.3 is 9.13 Å². The Balaban J connectivity index is 1.28. The smallest absolute Gasteiger partial charge is 0.235 e. The first-order valence-electron chi connectivity index (χ1n) is 15.8. The fourth-order valence-corrected chi connectivity index (χ4v) is 9.25. The minimum atomic E-state index is 0.0549. The Morgan fingerprint density at radius 2 is 1.35 bits per heavy atom. The maximum Gasteiger partial charge on any atom is 0.235 e. The van der Waals surface area contributed by atoms with Crippen molar-refractivity contribution in [3.63, 3.8) is 0 Å². The summed E-state index contributed by atoms with van der Waals surface area (Å²) in [7, 11) is 0. The number of para-hydroxylation sites is 3. The molecular weight excluding hydrogens is 579 g/mol. The zero-order chi connectivity index (χ0) is 29.9. The van der Waals surface area contributed by atoms with Gasteiger partial charge >= 0.3 is 0 Å². The van der Waals surface area contributed by atoms with Gasteiger partial charge in [-0.1, -0.05) is 91.0 Å². The Labute approximate surface area is 268 Å². The molecule has 214 valence electrons. The largest absolute Gasteiger partial charge is 0.317 e. The lowest BCUT2D eigenvalue weighted by atomic mass is 10.0. The van der Waals surface area contributed by atoms with Gasteiger partial charge in [-0.2, -0.15) is 4.58 Å². The van der Waals surface area contributed by atoms with E-state index >= 15 is 0 Å². The Bertz CT molecular complexity index is 2860. The normalized spacial score (nSPS) is 15.8. The molecule has 0 N–H and O–H groups in total. The Kier molecular flexibility index (Phi) is 4.78. The van der Waals surface area contributed by atoms with Crippen molar-refractivity contribution in [1.82, 2.24) is 13.7 Å². The molecule has 9 aromatic rings. The van der Waals surface area contributed by atoms with Gasteiger partial charge in [-0.15, -0.1) is 11.3 Å². The molecule has 1 aliphatic carbocycles. The maximum absolute atomic E-state index is 2.62. The van der Waals surface area contributed by atoms with Crippen LogP contribution in [-0.4, -0.2) is 14.8 Å². The lowest BCUT2D eigenvalue weighted by Gasteiger charge is -2.24. The predicted molar refractivity (Wildman–Crippen MR) is 197 cm³/mol. The molecule has 2 aliphatic rings. The molecule has 1 unspecified atom stereocenters. The summed E-state index contributed by atoms with van der Waals surface area (Å²) in [5.41, 5.74) is 9.91. The fourth-order valence-electron chi connectivity index (χ4n) is 8.16. The van der Waals surface area contributed by atoms with E-state index in [2.05, 4.69) is 165 Å². The van der Waals surface area contributed by atoms with Crippen LogP contribution >= 0.6 is 11.3 Å². The average Bonchev–Trinajstić information content (AvgIpc) is 3.77. The molecule has 11 rings (SSSR count). The van der Waals surface area contributed by atoms with Gasteiger partial charge in [0.25, 0.3) is 0 Å². The standard InChI is InChI=1S/C42H26N3S/c1-2-11-26(12-3-1)43-33-16-6-4-14-31(33)40-36(43)23-22-30-29-15-10-19-37-41(29)45(42(30)40)35-18-8-7-17-34(35)44(37)27-21-24-39-32(25-27)28-13-5-9-20-38(28)46-39/h1-25,35H/q+1. The second-order valence-electron chi connectivity index (χ2n) is 12.3. The first kappa shape index (κ1) is 24.6. The van der Waals surface area contributed by atoms with E-state index < -0.39 is 0 Å². The van der Waals surface area contributed by atoms with E-state index in [9.17, 15) is 0 Å². The molecule has 1 aliphatic heterocycles. The molecular formula is C42H26N3S+. The van der Waals surface area contributed by atoms with E-state index in [1.165, 1.54) is 86.6 Å². The van der Waals surface area contributed by atoms with Crippen LogP contribution in [-0.2, 0) is 0 Å². The summed E-state index contributed by atoms with van der Waals surface area (Å²) in [6.45, 7) is 0. The summed E-state index contributed by atoms with van der Waals surface area (Å²) in [5.74, 6) is 0. The van der Waals surface area contributed by atoms with Gasteiger partial charge in [0.1, 0.15) is 11.6 Å². The van der Waals surface area contributed by atoms with E-state index in [1.54, 1.807) is 0 Å². The molecule has 0 fully saturated rings. The molecule has 0 bridgehead atoms. The quantitative estimate of drug-likeness (QED) is 0.174. The molecule has 1 atom stereocenters. The number of hydrogen-bond donors (Lipinski definition) is 0. The topological polar surface area (TPSA) is 12.9 Å².